The molecule has 0 atom stereocenters. The molecule has 0 aromatic carbocycles. The summed E-state index contributed by atoms with van der Waals surface area (Å²) in [5.74, 6) is -0.00411. The Kier molecular flexibility index (Phi) is 6.26. The zero-order chi connectivity index (χ0) is 15.1. The third kappa shape index (κ3) is 4.86. The molecule has 1 saturated heterocycles. The van der Waals surface area contributed by atoms with Gasteiger partial charge in [-0.1, -0.05) is 0 Å². The van der Waals surface area contributed by atoms with Crippen molar-refractivity contribution < 1.29 is 9.53 Å². The normalized spacial score (nSPS) is 16.3. The average Bonchev–Trinajstić information content (AvgIpc) is 2.97. The minimum Gasteiger partial charge on any atom is -0.378 e. The van der Waals surface area contributed by atoms with Crippen LogP contribution in [0.25, 0.3) is 0 Å². The first-order chi connectivity index (χ1) is 10.2. The van der Waals surface area contributed by atoms with E-state index in [4.69, 9.17) is 4.74 Å². The fourth-order valence-electron chi connectivity index (χ4n) is 2.61. The minimum atomic E-state index is -0.00411. The topological polar surface area (TPSA) is 55.3 Å². The number of piperidine rings is 1. The first-order valence-corrected chi connectivity index (χ1v) is 7.96. The molecule has 1 aromatic heterocycles. The molecule has 21 heavy (non-hydrogen) atoms. The smallest absolute Gasteiger partial charge is 0.267 e. The third-order valence-electron chi connectivity index (χ3n) is 3.81. The van der Waals surface area contributed by atoms with E-state index < -0.39 is 0 Å². The Morgan fingerprint density at radius 2 is 2.24 bits per heavy atom. The van der Waals surface area contributed by atoms with E-state index in [-0.39, 0.29) is 5.91 Å². The van der Waals surface area contributed by atoms with Gasteiger partial charge < -0.3 is 19.9 Å². The third-order valence-corrected chi connectivity index (χ3v) is 3.81. The van der Waals surface area contributed by atoms with E-state index in [1.54, 1.807) is 0 Å². The second-order valence-electron chi connectivity index (χ2n) is 5.82. The lowest BCUT2D eigenvalue weighted by Gasteiger charge is -2.22. The van der Waals surface area contributed by atoms with Gasteiger partial charge in [0.2, 0.25) is 0 Å². The van der Waals surface area contributed by atoms with Crippen LogP contribution in [0.1, 0.15) is 49.6 Å². The Morgan fingerprint density at radius 1 is 1.48 bits per heavy atom. The van der Waals surface area contributed by atoms with Gasteiger partial charge in [0.05, 0.1) is 6.10 Å². The number of rotatable bonds is 7. The first-order valence-electron chi connectivity index (χ1n) is 7.96. The van der Waals surface area contributed by atoms with Gasteiger partial charge in [0.25, 0.3) is 5.91 Å². The standard InChI is InChI=1S/C16H27N3O2/c1-13(2)19-11-3-5-15(19)16(20)18-8-4-12-21-14-6-9-17-10-7-14/h3,5,11,13-14,17H,4,6-10,12H2,1-2H3,(H,18,20). The number of nitrogens with zero attached hydrogens (tertiary/aromatic N) is 1. The number of aromatic nitrogens is 1. The lowest BCUT2D eigenvalue weighted by atomic mass is 10.1. The van der Waals surface area contributed by atoms with Crippen LogP contribution in [-0.2, 0) is 4.74 Å². The van der Waals surface area contributed by atoms with Gasteiger partial charge in [-0.15, -0.1) is 0 Å². The van der Waals surface area contributed by atoms with E-state index >= 15 is 0 Å². The molecule has 1 aliphatic rings. The highest BCUT2D eigenvalue weighted by atomic mass is 16.5. The predicted molar refractivity (Wildman–Crippen MR) is 83.6 cm³/mol. The van der Waals surface area contributed by atoms with E-state index in [2.05, 4.69) is 24.5 Å². The second kappa shape index (κ2) is 8.20. The largest absolute Gasteiger partial charge is 0.378 e. The Bertz CT molecular complexity index is 436. The number of hydrogen-bond acceptors (Lipinski definition) is 3. The van der Waals surface area contributed by atoms with Gasteiger partial charge in [-0.05, 0) is 58.3 Å². The first kappa shape index (κ1) is 16.0. The van der Waals surface area contributed by atoms with Crippen molar-refractivity contribution in [2.75, 3.05) is 26.2 Å². The van der Waals surface area contributed by atoms with E-state index in [0.29, 0.717) is 18.7 Å². The van der Waals surface area contributed by atoms with Gasteiger partial charge >= 0.3 is 0 Å². The number of nitrogens with one attached hydrogen (secondary N) is 2. The van der Waals surface area contributed by atoms with Crippen LogP contribution in [0.15, 0.2) is 18.3 Å². The van der Waals surface area contributed by atoms with Crippen molar-refractivity contribution in [2.24, 2.45) is 0 Å². The van der Waals surface area contributed by atoms with Crippen LogP contribution in [0, 0.1) is 0 Å². The van der Waals surface area contributed by atoms with Crippen molar-refractivity contribution in [1.82, 2.24) is 15.2 Å². The van der Waals surface area contributed by atoms with Gasteiger partial charge in [-0.2, -0.15) is 0 Å². The molecule has 1 amide bonds. The van der Waals surface area contributed by atoms with Gasteiger partial charge in [0.1, 0.15) is 5.69 Å². The van der Waals surface area contributed by atoms with E-state index in [0.717, 1.165) is 44.7 Å². The summed E-state index contributed by atoms with van der Waals surface area (Å²) in [6, 6.07) is 4.07. The zero-order valence-electron chi connectivity index (χ0n) is 13.1. The van der Waals surface area contributed by atoms with Gasteiger partial charge in [-0.25, -0.2) is 0 Å². The number of carbonyl (C=O) groups is 1. The number of amides is 1. The van der Waals surface area contributed by atoms with E-state index in [1.807, 2.05) is 22.9 Å². The van der Waals surface area contributed by atoms with Crippen molar-refractivity contribution in [2.45, 2.75) is 45.3 Å². The summed E-state index contributed by atoms with van der Waals surface area (Å²) in [4.78, 5) is 12.1. The molecule has 1 aromatic rings. The summed E-state index contributed by atoms with van der Waals surface area (Å²) in [5, 5.41) is 6.29. The Morgan fingerprint density at radius 3 is 2.95 bits per heavy atom. The van der Waals surface area contributed by atoms with Crippen molar-refractivity contribution in [3.05, 3.63) is 24.0 Å². The molecule has 0 radical (unpaired) electrons. The van der Waals surface area contributed by atoms with Gasteiger partial charge in [0.15, 0.2) is 0 Å². The van der Waals surface area contributed by atoms with Crippen LogP contribution in [0.3, 0.4) is 0 Å². The summed E-state index contributed by atoms with van der Waals surface area (Å²) >= 11 is 0. The molecular formula is C16H27N3O2. The fraction of sp³-hybridized carbons (Fsp3) is 0.688. The van der Waals surface area contributed by atoms with Gasteiger partial charge in [0, 0.05) is 25.4 Å². The van der Waals surface area contributed by atoms with Crippen LogP contribution in [0.2, 0.25) is 0 Å². The molecule has 5 heteroatoms. The molecule has 2 N–H and O–H groups in total. The van der Waals surface area contributed by atoms with E-state index in [1.165, 1.54) is 0 Å². The molecule has 118 valence electrons. The van der Waals surface area contributed by atoms with E-state index in [9.17, 15) is 4.79 Å². The van der Waals surface area contributed by atoms with Crippen molar-refractivity contribution in [3.8, 4) is 0 Å². The number of ether oxygens (including phenoxy) is 1. The van der Waals surface area contributed by atoms with Crippen LogP contribution in [-0.4, -0.2) is 42.8 Å². The molecule has 5 nitrogen and oxygen atoms in total. The Hall–Kier alpha value is -1.33. The summed E-state index contributed by atoms with van der Waals surface area (Å²) in [5.41, 5.74) is 0.726. The highest BCUT2D eigenvalue weighted by Crippen LogP contribution is 2.10. The van der Waals surface area contributed by atoms with Gasteiger partial charge in [-0.3, -0.25) is 4.79 Å². The van der Waals surface area contributed by atoms with Crippen LogP contribution >= 0.6 is 0 Å². The Labute approximate surface area is 127 Å². The number of hydrogen-bond donors (Lipinski definition) is 2. The fourth-order valence-corrected chi connectivity index (χ4v) is 2.61. The van der Waals surface area contributed by atoms with Crippen molar-refractivity contribution in [3.63, 3.8) is 0 Å². The van der Waals surface area contributed by atoms with Crippen LogP contribution < -0.4 is 10.6 Å². The van der Waals surface area contributed by atoms with Crippen LogP contribution in [0.4, 0.5) is 0 Å². The molecule has 0 spiro atoms. The number of carbonyl (C=O) groups excluding carboxylic acids is 1. The van der Waals surface area contributed by atoms with Crippen molar-refractivity contribution >= 4 is 5.91 Å². The summed E-state index contributed by atoms with van der Waals surface area (Å²) in [6.45, 7) is 7.62. The molecule has 0 bridgehead atoms. The minimum absolute atomic E-state index is 0.00411. The molecule has 0 saturated carbocycles. The SMILES string of the molecule is CC(C)n1cccc1C(=O)NCCCOC1CCNCC1. The molecule has 0 aliphatic carbocycles. The summed E-state index contributed by atoms with van der Waals surface area (Å²) < 4.78 is 7.81. The monoisotopic (exact) mass is 293 g/mol. The zero-order valence-corrected chi connectivity index (χ0v) is 13.1. The second-order valence-corrected chi connectivity index (χ2v) is 5.82. The highest BCUT2D eigenvalue weighted by Gasteiger charge is 2.14. The highest BCUT2D eigenvalue weighted by molar-refractivity contribution is 5.92. The maximum Gasteiger partial charge on any atom is 0.267 e. The quantitative estimate of drug-likeness (QED) is 0.756. The molecular weight excluding hydrogens is 266 g/mol. The predicted octanol–water partition coefficient (Wildman–Crippen LogP) is 1.96. The summed E-state index contributed by atoms with van der Waals surface area (Å²) in [6.07, 6.45) is 5.38. The van der Waals surface area contributed by atoms with Crippen LogP contribution in [0.5, 0.6) is 0 Å². The molecule has 1 aliphatic heterocycles. The summed E-state index contributed by atoms with van der Waals surface area (Å²) in [7, 11) is 0. The molecule has 1 fully saturated rings. The lowest BCUT2D eigenvalue weighted by Crippen LogP contribution is -2.33. The van der Waals surface area contributed by atoms with Crippen molar-refractivity contribution in [1.29, 1.82) is 0 Å². The average molecular weight is 293 g/mol. The maximum atomic E-state index is 12.1. The maximum absolute atomic E-state index is 12.1. The Balaban J connectivity index is 1.64. The molecule has 2 heterocycles. The molecule has 0 unspecified atom stereocenters. The lowest BCUT2D eigenvalue weighted by molar-refractivity contribution is 0.0317. The molecule has 2 rings (SSSR count).